The molecule has 154 valence electrons. The van der Waals surface area contributed by atoms with Gasteiger partial charge in [-0.25, -0.2) is 9.18 Å². The highest BCUT2D eigenvalue weighted by Crippen LogP contribution is 2.37. The molecule has 0 amide bonds. The average Bonchev–Trinajstić information content (AvgIpc) is 2.70. The molecule has 2 aromatic carbocycles. The lowest BCUT2D eigenvalue weighted by Crippen LogP contribution is -2.55. The van der Waals surface area contributed by atoms with Crippen LogP contribution in [0.1, 0.15) is 19.4 Å². The van der Waals surface area contributed by atoms with Crippen LogP contribution in [-0.4, -0.2) is 41.1 Å². The number of rotatable bonds is 5. The van der Waals surface area contributed by atoms with E-state index in [-0.39, 0.29) is 34.7 Å². The number of hydrogen-bond acceptors (Lipinski definition) is 4. The highest BCUT2D eigenvalue weighted by molar-refractivity contribution is 6.48. The number of piperazine rings is 1. The molecular weight excluding hydrogens is 438 g/mol. The Hall–Kier alpha value is -1.75. The van der Waals surface area contributed by atoms with Gasteiger partial charge in [0.25, 0.3) is 0 Å². The van der Waals surface area contributed by atoms with Crippen LogP contribution >= 0.6 is 34.8 Å². The van der Waals surface area contributed by atoms with E-state index in [1.54, 1.807) is 24.3 Å². The van der Waals surface area contributed by atoms with Gasteiger partial charge >= 0.3 is 0 Å². The molecule has 4 nitrogen and oxygen atoms in total. The molecule has 0 N–H and O–H groups in total. The number of ether oxygens (including phenoxy) is 1. The predicted octanol–water partition coefficient (Wildman–Crippen LogP) is 5.43. The van der Waals surface area contributed by atoms with Gasteiger partial charge in [-0.05, 0) is 43.7 Å². The zero-order chi connectivity index (χ0) is 21.1. The summed E-state index contributed by atoms with van der Waals surface area (Å²) in [5.41, 5.74) is 1.45. The molecule has 1 heterocycles. The van der Waals surface area contributed by atoms with Crippen LogP contribution in [0.4, 0.5) is 4.39 Å². The van der Waals surface area contributed by atoms with Gasteiger partial charge in [0, 0.05) is 19.1 Å². The molecule has 1 aliphatic heterocycles. The van der Waals surface area contributed by atoms with Crippen LogP contribution in [0.2, 0.25) is 15.1 Å². The first-order chi connectivity index (χ1) is 13.8. The van der Waals surface area contributed by atoms with E-state index < -0.39 is 0 Å². The molecule has 1 fully saturated rings. The van der Waals surface area contributed by atoms with E-state index >= 15 is 0 Å². The monoisotopic (exact) mass is 456 g/mol. The van der Waals surface area contributed by atoms with Crippen molar-refractivity contribution in [1.82, 2.24) is 9.80 Å². The van der Waals surface area contributed by atoms with Crippen LogP contribution in [0.15, 0.2) is 42.1 Å². The van der Waals surface area contributed by atoms with E-state index in [9.17, 15) is 9.18 Å². The third-order valence-corrected chi connectivity index (χ3v) is 6.32. The number of carbonyl (C=O) groups excluding carboxylic acids is 1. The van der Waals surface area contributed by atoms with Crippen molar-refractivity contribution < 1.29 is 13.9 Å². The summed E-state index contributed by atoms with van der Waals surface area (Å²) in [7, 11) is 0. The molecule has 2 aromatic rings. The molecule has 3 rings (SSSR count). The fourth-order valence-corrected chi connectivity index (χ4v) is 3.94. The standard InChI is InChI=1S/C21H20Cl3FN2O2/c1-13-9-26(12-29-19-8-7-17(22)20(23)21(19)24)14(2)18(11-28)27(13)10-15-3-5-16(25)6-4-15/h3-8,13-14H,9-10,12H2,1-2H3/t13-,14+/m0/s1. The highest BCUT2D eigenvalue weighted by atomic mass is 35.5. The van der Waals surface area contributed by atoms with Crippen LogP contribution in [0.3, 0.4) is 0 Å². The van der Waals surface area contributed by atoms with E-state index in [1.165, 1.54) is 12.1 Å². The number of benzene rings is 2. The lowest BCUT2D eigenvalue weighted by Gasteiger charge is -2.45. The van der Waals surface area contributed by atoms with Gasteiger partial charge in [-0.1, -0.05) is 46.9 Å². The van der Waals surface area contributed by atoms with Crippen LogP contribution in [0, 0.1) is 5.82 Å². The van der Waals surface area contributed by atoms with Crippen LogP contribution in [-0.2, 0) is 11.3 Å². The Morgan fingerprint density at radius 2 is 1.79 bits per heavy atom. The highest BCUT2D eigenvalue weighted by Gasteiger charge is 2.34. The number of hydrogen-bond donors (Lipinski definition) is 0. The molecule has 0 aromatic heterocycles. The summed E-state index contributed by atoms with van der Waals surface area (Å²) in [5, 5.41) is 0.845. The summed E-state index contributed by atoms with van der Waals surface area (Å²) in [5.74, 6) is 2.21. The molecule has 0 bridgehead atoms. The van der Waals surface area contributed by atoms with Crippen molar-refractivity contribution in [3.8, 4) is 5.75 Å². The molecule has 2 atom stereocenters. The van der Waals surface area contributed by atoms with Gasteiger partial charge in [0.15, 0.2) is 0 Å². The molecule has 0 saturated carbocycles. The molecule has 29 heavy (non-hydrogen) atoms. The Balaban J connectivity index is 1.72. The van der Waals surface area contributed by atoms with E-state index in [0.717, 1.165) is 5.56 Å². The first kappa shape index (κ1) is 21.9. The maximum atomic E-state index is 13.2. The Morgan fingerprint density at radius 1 is 1.10 bits per heavy atom. The minimum absolute atomic E-state index is 0.0283. The zero-order valence-electron chi connectivity index (χ0n) is 16.0. The topological polar surface area (TPSA) is 32.8 Å². The Bertz CT molecular complexity index is 932. The van der Waals surface area contributed by atoms with Gasteiger partial charge in [-0.3, -0.25) is 4.90 Å². The molecule has 1 saturated heterocycles. The lowest BCUT2D eigenvalue weighted by atomic mass is 10.0. The van der Waals surface area contributed by atoms with Crippen molar-refractivity contribution in [1.29, 1.82) is 0 Å². The smallest absolute Gasteiger partial charge is 0.147 e. The second-order valence-corrected chi connectivity index (χ2v) is 8.15. The zero-order valence-corrected chi connectivity index (χ0v) is 18.2. The van der Waals surface area contributed by atoms with E-state index in [2.05, 4.69) is 5.94 Å². The fourth-order valence-electron chi connectivity index (χ4n) is 3.35. The quantitative estimate of drug-likeness (QED) is 0.442. The lowest BCUT2D eigenvalue weighted by molar-refractivity contribution is 0.0286. The van der Waals surface area contributed by atoms with E-state index in [4.69, 9.17) is 39.5 Å². The molecular formula is C21H20Cl3FN2O2. The van der Waals surface area contributed by atoms with Crippen LogP contribution in [0.25, 0.3) is 0 Å². The number of halogens is 4. The van der Waals surface area contributed by atoms with Crippen LogP contribution in [0.5, 0.6) is 5.75 Å². The van der Waals surface area contributed by atoms with Crippen molar-refractivity contribution in [2.24, 2.45) is 0 Å². The maximum absolute atomic E-state index is 13.2. The Kier molecular flexibility index (Phi) is 7.10. The second-order valence-electron chi connectivity index (χ2n) is 6.98. The van der Waals surface area contributed by atoms with Gasteiger partial charge in [0.1, 0.15) is 35.0 Å². The van der Waals surface area contributed by atoms with Crippen molar-refractivity contribution in [3.05, 3.63) is 68.5 Å². The number of nitrogens with zero attached hydrogens (tertiary/aromatic N) is 2. The largest absolute Gasteiger partial charge is 0.477 e. The van der Waals surface area contributed by atoms with Gasteiger partial charge < -0.3 is 9.64 Å². The van der Waals surface area contributed by atoms with Gasteiger partial charge in [0.2, 0.25) is 0 Å². The summed E-state index contributed by atoms with van der Waals surface area (Å²) < 4.78 is 19.0. The normalized spacial score (nSPS) is 19.9. The third kappa shape index (κ3) is 4.88. The predicted molar refractivity (Wildman–Crippen MR) is 114 cm³/mol. The molecule has 8 heteroatoms. The summed E-state index contributed by atoms with van der Waals surface area (Å²) >= 11 is 18.2. The van der Waals surface area contributed by atoms with Gasteiger partial charge in [-0.15, -0.1) is 0 Å². The minimum atomic E-state index is -0.288. The van der Waals surface area contributed by atoms with Gasteiger partial charge in [0.05, 0.1) is 16.1 Å². The summed E-state index contributed by atoms with van der Waals surface area (Å²) in [6.45, 7) is 5.32. The maximum Gasteiger partial charge on any atom is 0.147 e. The second kappa shape index (κ2) is 9.38. The average molecular weight is 458 g/mol. The molecule has 0 radical (unpaired) electrons. The Labute approximate surface area is 184 Å². The first-order valence-corrected chi connectivity index (χ1v) is 10.2. The molecule has 1 aliphatic rings. The summed E-state index contributed by atoms with van der Waals surface area (Å²) in [6.07, 6.45) is 0. The van der Waals surface area contributed by atoms with Gasteiger partial charge in [-0.2, -0.15) is 0 Å². The van der Waals surface area contributed by atoms with Crippen molar-refractivity contribution in [3.63, 3.8) is 0 Å². The van der Waals surface area contributed by atoms with E-state index in [1.807, 2.05) is 23.6 Å². The van der Waals surface area contributed by atoms with Crippen molar-refractivity contribution in [2.45, 2.75) is 32.5 Å². The Morgan fingerprint density at radius 3 is 2.45 bits per heavy atom. The third-order valence-electron chi connectivity index (χ3n) is 5.04. The SMILES string of the molecule is C[C@@H]1C(=C=O)N(Cc2ccc(F)cc2)[C@@H](C)CN1COc1ccc(Cl)c(Cl)c1Cl. The first-order valence-electron chi connectivity index (χ1n) is 9.08. The summed E-state index contributed by atoms with van der Waals surface area (Å²) in [6, 6.07) is 9.36. The minimum Gasteiger partial charge on any atom is -0.477 e. The van der Waals surface area contributed by atoms with Crippen molar-refractivity contribution >= 4 is 40.7 Å². The van der Waals surface area contributed by atoms with E-state index in [0.29, 0.717) is 29.6 Å². The fraction of sp³-hybridized carbons (Fsp3) is 0.333. The van der Waals surface area contributed by atoms with Crippen LogP contribution < -0.4 is 4.74 Å². The van der Waals surface area contributed by atoms with Crippen molar-refractivity contribution in [2.75, 3.05) is 13.3 Å². The summed E-state index contributed by atoms with van der Waals surface area (Å²) in [4.78, 5) is 15.8. The molecule has 0 unspecified atom stereocenters. The molecule has 0 aliphatic carbocycles. The molecule has 0 spiro atoms.